The molecule has 1 heterocycles. The molecule has 1 saturated heterocycles. The molecule has 45 heavy (non-hydrogen) atoms. The molecule has 1 aliphatic rings. The lowest BCUT2D eigenvalue weighted by Crippen LogP contribution is -2.49. The second-order valence-electron chi connectivity index (χ2n) is 9.85. The summed E-state index contributed by atoms with van der Waals surface area (Å²) in [6.07, 6.45) is 3.48. The maximum absolute atomic E-state index is 13.0. The van der Waals surface area contributed by atoms with Crippen LogP contribution in [0.25, 0.3) is 6.08 Å². The molecule has 0 aromatic heterocycles. The van der Waals surface area contributed by atoms with Gasteiger partial charge in [-0.25, -0.2) is 0 Å². The molecule has 0 radical (unpaired) electrons. The van der Waals surface area contributed by atoms with Crippen LogP contribution in [0.4, 0.5) is 0 Å². The van der Waals surface area contributed by atoms with Gasteiger partial charge in [-0.05, 0) is 86.9 Å². The first-order valence-corrected chi connectivity index (χ1v) is 15.5. The zero-order chi connectivity index (χ0) is 33.0. The van der Waals surface area contributed by atoms with Crippen LogP contribution in [-0.4, -0.2) is 92.7 Å². The third-order valence-electron chi connectivity index (χ3n) is 6.84. The van der Waals surface area contributed by atoms with Crippen LogP contribution in [0, 0.1) is 0 Å². The van der Waals surface area contributed by atoms with E-state index in [0.717, 1.165) is 30.2 Å². The van der Waals surface area contributed by atoms with E-state index >= 15 is 0 Å². The largest absolute Gasteiger partial charge is 0.497 e. The molecule has 1 amide bonds. The van der Waals surface area contributed by atoms with E-state index in [1.807, 2.05) is 67.3 Å². The van der Waals surface area contributed by atoms with Crippen LogP contribution in [0.5, 0.6) is 23.0 Å². The predicted octanol–water partition coefficient (Wildman–Crippen LogP) is 5.45. The van der Waals surface area contributed by atoms with E-state index in [9.17, 15) is 4.79 Å². The minimum atomic E-state index is 0.00643. The van der Waals surface area contributed by atoms with Crippen molar-refractivity contribution in [3.05, 3.63) is 89.5 Å². The Morgan fingerprint density at radius 3 is 1.64 bits per heavy atom. The van der Waals surface area contributed by atoms with Crippen molar-refractivity contribution in [2.24, 2.45) is 0 Å². The van der Waals surface area contributed by atoms with Gasteiger partial charge in [0.2, 0.25) is 5.91 Å². The van der Waals surface area contributed by atoms with E-state index in [1.54, 1.807) is 34.1 Å². The Labute approximate surface area is 268 Å². The molecular formula is C36H50N2O7. The van der Waals surface area contributed by atoms with Gasteiger partial charge in [-0.15, -0.1) is 0 Å². The van der Waals surface area contributed by atoms with Crippen molar-refractivity contribution in [3.8, 4) is 23.0 Å². The minimum Gasteiger partial charge on any atom is -0.497 e. The lowest BCUT2D eigenvalue weighted by atomic mass is 9.96. The maximum Gasteiger partial charge on any atom is 0.246 e. The third kappa shape index (κ3) is 11.8. The smallest absolute Gasteiger partial charge is 0.246 e. The summed E-state index contributed by atoms with van der Waals surface area (Å²) in [6.45, 7) is 11.7. The van der Waals surface area contributed by atoms with Crippen molar-refractivity contribution in [1.82, 2.24) is 9.80 Å². The van der Waals surface area contributed by atoms with Gasteiger partial charge in [0.1, 0.15) is 11.5 Å². The number of piperazine rings is 1. The summed E-state index contributed by atoms with van der Waals surface area (Å²) in [7, 11) is 3.35. The summed E-state index contributed by atoms with van der Waals surface area (Å²) >= 11 is 0. The van der Waals surface area contributed by atoms with E-state index < -0.39 is 0 Å². The van der Waals surface area contributed by atoms with Gasteiger partial charge in [-0.2, -0.15) is 0 Å². The molecular weight excluding hydrogens is 572 g/mol. The second-order valence-corrected chi connectivity index (χ2v) is 9.85. The Bertz CT molecular complexity index is 1220. The fourth-order valence-corrected chi connectivity index (χ4v) is 4.83. The van der Waals surface area contributed by atoms with Crippen LogP contribution >= 0.6 is 0 Å². The number of carbonyl (C=O) groups excluding carboxylic acids is 1. The molecule has 3 aromatic carbocycles. The van der Waals surface area contributed by atoms with Crippen molar-refractivity contribution in [1.29, 1.82) is 0 Å². The molecule has 4 rings (SSSR count). The zero-order valence-corrected chi connectivity index (χ0v) is 27.6. The Kier molecular flexibility index (Phi) is 17.2. The highest BCUT2D eigenvalue weighted by Crippen LogP contribution is 2.32. The number of aliphatic hydroxyl groups excluding tert-OH is 2. The Morgan fingerprint density at radius 1 is 0.733 bits per heavy atom. The fraction of sp³-hybridized carbons (Fsp3) is 0.417. The van der Waals surface area contributed by atoms with Gasteiger partial charge in [-0.3, -0.25) is 9.69 Å². The standard InChI is InChI=1S/C32H38N2O5.2C2H6O/c1-5-38-29-17-7-24(23-30(29)39-6-2)8-18-31(35)33-19-21-34(22-20-33)32(25-9-13-27(36-3)14-10-25)26-11-15-28(37-4)16-12-26;2*1-2-3/h7-18,23,32H,5-6,19-22H2,1-4H3;2*3H,2H2,1H3/b18-8+;;. The number of ether oxygens (including phenoxy) is 4. The molecule has 0 saturated carbocycles. The van der Waals surface area contributed by atoms with Gasteiger partial charge in [0.15, 0.2) is 11.5 Å². The summed E-state index contributed by atoms with van der Waals surface area (Å²) in [5, 5.41) is 15.1. The van der Waals surface area contributed by atoms with Crippen LogP contribution in [0.2, 0.25) is 0 Å². The average Bonchev–Trinajstić information content (AvgIpc) is 3.07. The van der Waals surface area contributed by atoms with Crippen LogP contribution in [-0.2, 0) is 4.79 Å². The van der Waals surface area contributed by atoms with Gasteiger partial charge in [0, 0.05) is 45.5 Å². The zero-order valence-electron chi connectivity index (χ0n) is 27.6. The van der Waals surface area contributed by atoms with Crippen molar-refractivity contribution >= 4 is 12.0 Å². The lowest BCUT2D eigenvalue weighted by molar-refractivity contribution is -0.127. The summed E-state index contributed by atoms with van der Waals surface area (Å²) < 4.78 is 22.1. The van der Waals surface area contributed by atoms with Crippen LogP contribution in [0.15, 0.2) is 72.8 Å². The molecule has 0 atom stereocenters. The van der Waals surface area contributed by atoms with Crippen LogP contribution < -0.4 is 18.9 Å². The number of rotatable bonds is 11. The molecule has 0 aliphatic carbocycles. The molecule has 0 bridgehead atoms. The number of hydrogen-bond acceptors (Lipinski definition) is 8. The third-order valence-corrected chi connectivity index (χ3v) is 6.84. The predicted molar refractivity (Wildman–Crippen MR) is 179 cm³/mol. The van der Waals surface area contributed by atoms with Crippen molar-refractivity contribution in [2.45, 2.75) is 33.7 Å². The monoisotopic (exact) mass is 622 g/mol. The van der Waals surface area contributed by atoms with E-state index in [-0.39, 0.29) is 25.2 Å². The van der Waals surface area contributed by atoms with Crippen molar-refractivity contribution in [3.63, 3.8) is 0 Å². The van der Waals surface area contributed by atoms with Gasteiger partial charge in [0.25, 0.3) is 0 Å². The fourth-order valence-electron chi connectivity index (χ4n) is 4.83. The Morgan fingerprint density at radius 2 is 1.20 bits per heavy atom. The van der Waals surface area contributed by atoms with Gasteiger partial charge in [-0.1, -0.05) is 30.3 Å². The molecule has 0 spiro atoms. The first-order chi connectivity index (χ1) is 21.9. The molecule has 0 unspecified atom stereocenters. The first-order valence-electron chi connectivity index (χ1n) is 15.5. The van der Waals surface area contributed by atoms with Gasteiger partial charge in [0.05, 0.1) is 33.5 Å². The van der Waals surface area contributed by atoms with Crippen LogP contribution in [0.1, 0.15) is 50.4 Å². The first kappa shape index (κ1) is 37.1. The van der Waals surface area contributed by atoms with Crippen molar-refractivity contribution in [2.75, 3.05) is 66.8 Å². The summed E-state index contributed by atoms with van der Waals surface area (Å²) in [4.78, 5) is 17.4. The second kappa shape index (κ2) is 20.8. The van der Waals surface area contributed by atoms with Gasteiger partial charge < -0.3 is 34.1 Å². The molecule has 9 nitrogen and oxygen atoms in total. The number of benzene rings is 3. The number of hydrogen-bond donors (Lipinski definition) is 2. The maximum atomic E-state index is 13.0. The molecule has 1 fully saturated rings. The Hall–Kier alpha value is -4.05. The highest BCUT2D eigenvalue weighted by atomic mass is 16.5. The molecule has 9 heteroatoms. The molecule has 1 aliphatic heterocycles. The van der Waals surface area contributed by atoms with Crippen LogP contribution in [0.3, 0.4) is 0 Å². The minimum absolute atomic E-state index is 0.00643. The highest BCUT2D eigenvalue weighted by molar-refractivity contribution is 5.92. The summed E-state index contributed by atoms with van der Waals surface area (Å²) in [6, 6.07) is 22.2. The van der Waals surface area contributed by atoms with E-state index in [4.69, 9.17) is 29.2 Å². The van der Waals surface area contributed by atoms with E-state index in [1.165, 1.54) is 11.1 Å². The highest BCUT2D eigenvalue weighted by Gasteiger charge is 2.28. The van der Waals surface area contributed by atoms with E-state index in [2.05, 4.69) is 29.2 Å². The number of carbonyl (C=O) groups is 1. The summed E-state index contributed by atoms with van der Waals surface area (Å²) in [5.74, 6) is 3.06. The molecule has 2 N–H and O–H groups in total. The molecule has 246 valence electrons. The number of methoxy groups -OCH3 is 2. The van der Waals surface area contributed by atoms with Gasteiger partial charge >= 0.3 is 0 Å². The lowest BCUT2D eigenvalue weighted by Gasteiger charge is -2.39. The summed E-state index contributed by atoms with van der Waals surface area (Å²) in [5.41, 5.74) is 3.26. The number of nitrogens with zero attached hydrogens (tertiary/aromatic N) is 2. The SMILES string of the molecule is CCO.CCO.CCOc1ccc(/C=C/C(=O)N2CCN(C(c3ccc(OC)cc3)c3ccc(OC)cc3)CC2)cc1OCC. The van der Waals surface area contributed by atoms with E-state index in [0.29, 0.717) is 37.8 Å². The topological polar surface area (TPSA) is 101 Å². The number of amides is 1. The Balaban J connectivity index is 0.00000109. The van der Waals surface area contributed by atoms with Crippen molar-refractivity contribution < 1.29 is 34.0 Å². The number of aliphatic hydroxyl groups is 2. The normalized spacial score (nSPS) is 13.0. The quantitative estimate of drug-likeness (QED) is 0.273. The molecule has 3 aromatic rings. The average molecular weight is 623 g/mol.